The zero-order valence-corrected chi connectivity index (χ0v) is 24.2. The van der Waals surface area contributed by atoms with Crippen LogP contribution < -0.4 is 9.47 Å². The van der Waals surface area contributed by atoms with Crippen LogP contribution in [0.5, 0.6) is 11.5 Å². The first kappa shape index (κ1) is 28.7. The average Bonchev–Trinajstić information content (AvgIpc) is 3.25. The van der Waals surface area contributed by atoms with E-state index in [0.717, 1.165) is 65.5 Å². The summed E-state index contributed by atoms with van der Waals surface area (Å²) in [5, 5.41) is 20.0. The van der Waals surface area contributed by atoms with Crippen LogP contribution in [0.25, 0.3) is 11.1 Å². The van der Waals surface area contributed by atoms with E-state index in [-0.39, 0.29) is 55.7 Å². The van der Waals surface area contributed by atoms with Crippen LogP contribution in [0.2, 0.25) is 0 Å². The maximum atomic E-state index is 15.2. The molecule has 9 heteroatoms. The summed E-state index contributed by atoms with van der Waals surface area (Å²) in [6, 6.07) is 15.0. The van der Waals surface area contributed by atoms with Gasteiger partial charge in [-0.05, 0) is 121 Å². The molecule has 0 radical (unpaired) electrons. The Labute approximate surface area is 245 Å². The number of aliphatic carboxylic acids is 1. The predicted octanol–water partition coefficient (Wildman–Crippen LogP) is 5.38. The summed E-state index contributed by atoms with van der Waals surface area (Å²) in [4.78, 5) is 11.2. The van der Waals surface area contributed by atoms with Crippen molar-refractivity contribution in [1.29, 1.82) is 0 Å². The van der Waals surface area contributed by atoms with Gasteiger partial charge in [0.2, 0.25) is 0 Å². The fraction of sp³-hybridized carbons (Fsp3) is 0.424. The van der Waals surface area contributed by atoms with E-state index in [0.29, 0.717) is 17.1 Å². The average molecular weight is 595 g/mol. The third-order valence-corrected chi connectivity index (χ3v) is 10.6. The van der Waals surface area contributed by atoms with Crippen molar-refractivity contribution in [3.05, 3.63) is 82.2 Å². The van der Waals surface area contributed by atoms with E-state index in [9.17, 15) is 23.4 Å². The number of fused-ring (bicyclic) bond motifs is 4. The van der Waals surface area contributed by atoms with Gasteiger partial charge in [0, 0.05) is 5.56 Å². The summed E-state index contributed by atoms with van der Waals surface area (Å²) in [6.45, 7) is 0.106. The molecule has 1 saturated heterocycles. The van der Waals surface area contributed by atoms with E-state index < -0.39 is 21.4 Å². The lowest BCUT2D eigenvalue weighted by Gasteiger charge is -2.31. The van der Waals surface area contributed by atoms with Gasteiger partial charge in [-0.15, -0.1) is 0 Å². The van der Waals surface area contributed by atoms with Crippen molar-refractivity contribution in [3.8, 4) is 22.6 Å². The van der Waals surface area contributed by atoms with Gasteiger partial charge >= 0.3 is 5.97 Å². The molecule has 1 heterocycles. The van der Waals surface area contributed by atoms with E-state index in [1.54, 1.807) is 6.07 Å². The smallest absolute Gasteiger partial charge is 0.303 e. The minimum absolute atomic E-state index is 0.0235. The van der Waals surface area contributed by atoms with Crippen molar-refractivity contribution < 1.29 is 37.3 Å². The molecule has 0 aromatic heterocycles. The van der Waals surface area contributed by atoms with Gasteiger partial charge in [-0.25, -0.2) is 12.8 Å². The quantitative estimate of drug-likeness (QED) is 0.360. The molecule has 0 saturated carbocycles. The Kier molecular flexibility index (Phi) is 7.74. The summed E-state index contributed by atoms with van der Waals surface area (Å²) in [7, 11) is -3.09. The van der Waals surface area contributed by atoms with Crippen LogP contribution in [0.3, 0.4) is 0 Å². The van der Waals surface area contributed by atoms with Crippen LogP contribution in [0.4, 0.5) is 4.39 Å². The maximum absolute atomic E-state index is 15.2. The number of rotatable bonds is 8. The molecule has 3 aromatic rings. The summed E-state index contributed by atoms with van der Waals surface area (Å²) < 4.78 is 50.6. The summed E-state index contributed by atoms with van der Waals surface area (Å²) in [5.41, 5.74) is 5.46. The highest BCUT2D eigenvalue weighted by molar-refractivity contribution is 7.91. The highest BCUT2D eigenvalue weighted by Gasteiger charge is 2.36. The molecule has 0 bridgehead atoms. The van der Waals surface area contributed by atoms with Crippen molar-refractivity contribution in [1.82, 2.24) is 0 Å². The first-order chi connectivity index (χ1) is 20.1. The number of carbonyl (C=O) groups is 1. The fourth-order valence-electron chi connectivity index (χ4n) is 6.46. The van der Waals surface area contributed by atoms with Crippen LogP contribution >= 0.6 is 0 Å². The molecule has 1 atom stereocenters. The van der Waals surface area contributed by atoms with Crippen molar-refractivity contribution in [2.45, 2.75) is 69.5 Å². The van der Waals surface area contributed by atoms with Gasteiger partial charge in [0.05, 0.1) is 17.9 Å². The predicted molar refractivity (Wildman–Crippen MR) is 156 cm³/mol. The van der Waals surface area contributed by atoms with Gasteiger partial charge in [-0.3, -0.25) is 4.79 Å². The van der Waals surface area contributed by atoms with Crippen molar-refractivity contribution in [3.63, 3.8) is 0 Å². The molecule has 42 heavy (non-hydrogen) atoms. The van der Waals surface area contributed by atoms with Gasteiger partial charge in [0.1, 0.15) is 36.1 Å². The number of aliphatic hydroxyl groups is 1. The minimum Gasteiger partial charge on any atom is -0.491 e. The van der Waals surface area contributed by atoms with Crippen molar-refractivity contribution in [2.24, 2.45) is 0 Å². The second-order valence-electron chi connectivity index (χ2n) is 11.9. The lowest BCUT2D eigenvalue weighted by molar-refractivity contribution is -0.137. The number of benzene rings is 3. The zero-order valence-electron chi connectivity index (χ0n) is 23.4. The van der Waals surface area contributed by atoms with E-state index in [1.807, 2.05) is 42.5 Å². The second kappa shape index (κ2) is 11.3. The Hall–Kier alpha value is -3.43. The Morgan fingerprint density at radius 1 is 0.905 bits per heavy atom. The number of carboxylic acids is 1. The monoisotopic (exact) mass is 594 g/mol. The molecule has 7 nitrogen and oxygen atoms in total. The van der Waals surface area contributed by atoms with E-state index in [4.69, 9.17) is 9.47 Å². The summed E-state index contributed by atoms with van der Waals surface area (Å²) in [5.74, 6) is 0.116. The molecule has 2 aliphatic carbocycles. The highest BCUT2D eigenvalue weighted by Crippen LogP contribution is 2.39. The second-order valence-corrected chi connectivity index (χ2v) is 14.2. The number of halogens is 1. The summed E-state index contributed by atoms with van der Waals surface area (Å²) in [6.07, 6.45) is 4.48. The maximum Gasteiger partial charge on any atom is 0.303 e. The van der Waals surface area contributed by atoms with Crippen LogP contribution in [0, 0.1) is 5.82 Å². The van der Waals surface area contributed by atoms with Crippen LogP contribution in [0.1, 0.15) is 65.8 Å². The zero-order chi connectivity index (χ0) is 29.5. The molecule has 0 unspecified atom stereocenters. The topological polar surface area (TPSA) is 110 Å². The number of sulfone groups is 1. The molecule has 6 rings (SSSR count). The first-order valence-corrected chi connectivity index (χ1v) is 16.4. The molecule has 0 spiro atoms. The number of carboxylic acid groups (broad SMARTS) is 1. The SMILES string of the molecule is O=C(O)C[C@@H]1CCc2cc(OCc3cc4c(cc3F)CCCc3cc(OCC5(O)CCS(=O)(=O)CC5)ccc3-4)ccc21. The fourth-order valence-corrected chi connectivity index (χ4v) is 8.05. The largest absolute Gasteiger partial charge is 0.491 e. The third-order valence-electron chi connectivity index (χ3n) is 8.93. The minimum atomic E-state index is -3.09. The molecular weight excluding hydrogens is 559 g/mol. The number of hydrogen-bond acceptors (Lipinski definition) is 6. The van der Waals surface area contributed by atoms with Crippen LogP contribution in [0.15, 0.2) is 48.5 Å². The van der Waals surface area contributed by atoms with Gasteiger partial charge in [0.15, 0.2) is 9.84 Å². The molecule has 3 aliphatic rings. The Bertz CT molecular complexity index is 1620. The highest BCUT2D eigenvalue weighted by atomic mass is 32.2. The van der Waals surface area contributed by atoms with Gasteiger partial charge in [-0.1, -0.05) is 12.1 Å². The lowest BCUT2D eigenvalue weighted by Crippen LogP contribution is -2.43. The number of aryl methyl sites for hydroxylation is 3. The Morgan fingerprint density at radius 3 is 2.36 bits per heavy atom. The number of ether oxygens (including phenoxy) is 2. The van der Waals surface area contributed by atoms with E-state index in [1.165, 1.54) is 0 Å². The molecule has 3 aromatic carbocycles. The molecular formula is C33H35FO7S. The van der Waals surface area contributed by atoms with Gasteiger partial charge in [0.25, 0.3) is 0 Å². The Morgan fingerprint density at radius 2 is 1.60 bits per heavy atom. The molecule has 1 fully saturated rings. The summed E-state index contributed by atoms with van der Waals surface area (Å²) >= 11 is 0. The lowest BCUT2D eigenvalue weighted by atomic mass is 9.94. The Balaban J connectivity index is 1.17. The molecule has 2 N–H and O–H groups in total. The number of hydrogen-bond donors (Lipinski definition) is 2. The first-order valence-electron chi connectivity index (χ1n) is 14.6. The molecule has 0 amide bonds. The van der Waals surface area contributed by atoms with E-state index >= 15 is 4.39 Å². The van der Waals surface area contributed by atoms with Gasteiger partial charge in [-0.2, -0.15) is 0 Å². The van der Waals surface area contributed by atoms with Gasteiger partial charge < -0.3 is 19.7 Å². The van der Waals surface area contributed by atoms with Crippen LogP contribution in [-0.2, 0) is 40.5 Å². The molecule has 1 aliphatic heterocycles. The van der Waals surface area contributed by atoms with Crippen molar-refractivity contribution >= 4 is 15.8 Å². The third kappa shape index (κ3) is 6.17. The van der Waals surface area contributed by atoms with Crippen LogP contribution in [-0.4, -0.2) is 48.3 Å². The standard InChI is InChI=1S/C33H35FO7S/c34-31-17-22-3-1-2-21-14-27(41-20-33(37)10-12-42(38,39)13-11-33)7-9-29(21)30(22)16-25(31)19-40-26-6-8-28-23(15-26)4-5-24(28)18-32(35)36/h6-9,14-17,24,37H,1-5,10-13,18-20H2,(H,35,36)/t24-/m0/s1. The normalized spacial score (nSPS) is 20.1. The van der Waals surface area contributed by atoms with E-state index in [2.05, 4.69) is 0 Å². The molecule has 222 valence electrons. The van der Waals surface area contributed by atoms with Crippen molar-refractivity contribution in [2.75, 3.05) is 18.1 Å².